The van der Waals surface area contributed by atoms with E-state index in [9.17, 15) is 14.4 Å². The van der Waals surface area contributed by atoms with Gasteiger partial charge in [-0.05, 0) is 31.5 Å². The molecule has 8 nitrogen and oxygen atoms in total. The van der Waals surface area contributed by atoms with Crippen LogP contribution in [0.3, 0.4) is 0 Å². The topological polar surface area (TPSA) is 117 Å². The van der Waals surface area contributed by atoms with Crippen LogP contribution in [-0.2, 0) is 4.74 Å². The van der Waals surface area contributed by atoms with Crippen molar-refractivity contribution in [3.05, 3.63) is 39.8 Å². The number of primary amides is 1. The summed E-state index contributed by atoms with van der Waals surface area (Å²) >= 11 is 0.936. The molecule has 27 heavy (non-hydrogen) atoms. The fraction of sp³-hybridized carbons (Fsp3) is 0.278. The van der Waals surface area contributed by atoms with Crippen molar-refractivity contribution in [2.75, 3.05) is 26.1 Å². The highest BCUT2D eigenvalue weighted by Gasteiger charge is 2.25. The second-order valence-electron chi connectivity index (χ2n) is 5.40. The zero-order valence-corrected chi connectivity index (χ0v) is 16.2. The highest BCUT2D eigenvalue weighted by atomic mass is 32.1. The smallest absolute Gasteiger partial charge is 0.348 e. The van der Waals surface area contributed by atoms with Crippen LogP contribution in [-0.4, -0.2) is 38.6 Å². The molecule has 0 spiro atoms. The van der Waals surface area contributed by atoms with E-state index in [1.807, 2.05) is 0 Å². The molecule has 1 heterocycles. The van der Waals surface area contributed by atoms with Crippen LogP contribution < -0.4 is 20.5 Å². The third-order valence-electron chi connectivity index (χ3n) is 3.69. The third kappa shape index (κ3) is 4.37. The van der Waals surface area contributed by atoms with Gasteiger partial charge in [-0.2, -0.15) is 0 Å². The van der Waals surface area contributed by atoms with Crippen LogP contribution in [0.15, 0.2) is 18.2 Å². The van der Waals surface area contributed by atoms with Gasteiger partial charge in [0.05, 0.1) is 26.4 Å². The number of methoxy groups -OCH3 is 2. The van der Waals surface area contributed by atoms with Crippen molar-refractivity contribution < 1.29 is 28.6 Å². The number of anilines is 1. The fourth-order valence-corrected chi connectivity index (χ4v) is 3.50. The summed E-state index contributed by atoms with van der Waals surface area (Å²) in [5.74, 6) is -0.969. The van der Waals surface area contributed by atoms with Crippen molar-refractivity contribution >= 4 is 34.1 Å². The van der Waals surface area contributed by atoms with E-state index in [2.05, 4.69) is 5.32 Å². The maximum absolute atomic E-state index is 12.7. The third-order valence-corrected chi connectivity index (χ3v) is 4.88. The molecule has 0 saturated carbocycles. The molecule has 2 aromatic rings. The van der Waals surface area contributed by atoms with Crippen LogP contribution >= 0.6 is 11.3 Å². The summed E-state index contributed by atoms with van der Waals surface area (Å²) in [6.07, 6.45) is 0. The van der Waals surface area contributed by atoms with Crippen LogP contribution in [0.2, 0.25) is 0 Å². The standard InChI is InChI=1S/C18H20N2O6S/c1-5-26-18(23)14-9(2)13(15(19)21)17(27-14)20-16(22)10-6-11(24-3)8-12(7-10)25-4/h6-8H,5H2,1-4H3,(H2,19,21)(H,20,22). The first kappa shape index (κ1) is 20.2. The van der Waals surface area contributed by atoms with Gasteiger partial charge in [-0.3, -0.25) is 9.59 Å². The minimum atomic E-state index is -0.752. The first-order chi connectivity index (χ1) is 12.8. The SMILES string of the molecule is CCOC(=O)c1sc(NC(=O)c2cc(OC)cc(OC)c2)c(C(N)=O)c1C. The molecule has 144 valence electrons. The molecule has 0 aliphatic carbocycles. The van der Waals surface area contributed by atoms with E-state index in [-0.39, 0.29) is 27.6 Å². The molecule has 0 bridgehead atoms. The molecule has 0 aliphatic heterocycles. The van der Waals surface area contributed by atoms with Crippen molar-refractivity contribution in [3.8, 4) is 11.5 Å². The summed E-state index contributed by atoms with van der Waals surface area (Å²) in [5, 5.41) is 2.80. The Morgan fingerprint density at radius 2 is 1.70 bits per heavy atom. The predicted octanol–water partition coefficient (Wildman–Crippen LogP) is 2.60. The van der Waals surface area contributed by atoms with E-state index >= 15 is 0 Å². The summed E-state index contributed by atoms with van der Waals surface area (Å²) in [6, 6.07) is 4.67. The van der Waals surface area contributed by atoms with Gasteiger partial charge in [-0.25, -0.2) is 4.79 Å². The molecule has 0 atom stereocenters. The van der Waals surface area contributed by atoms with E-state index < -0.39 is 17.8 Å². The summed E-state index contributed by atoms with van der Waals surface area (Å²) in [7, 11) is 2.94. The molecular weight excluding hydrogens is 372 g/mol. The number of esters is 1. The number of rotatable bonds is 7. The van der Waals surface area contributed by atoms with E-state index in [1.54, 1.807) is 19.9 Å². The molecule has 1 aromatic carbocycles. The quantitative estimate of drug-likeness (QED) is 0.700. The lowest BCUT2D eigenvalue weighted by molar-refractivity contribution is 0.0531. The van der Waals surface area contributed by atoms with E-state index in [0.29, 0.717) is 17.1 Å². The average Bonchev–Trinajstić information content (AvgIpc) is 2.97. The highest BCUT2D eigenvalue weighted by molar-refractivity contribution is 7.18. The van der Waals surface area contributed by atoms with Crippen LogP contribution in [0.25, 0.3) is 0 Å². The number of amides is 2. The molecule has 9 heteroatoms. The number of thiophene rings is 1. The van der Waals surface area contributed by atoms with Gasteiger partial charge in [0, 0.05) is 11.6 Å². The number of hydrogen-bond acceptors (Lipinski definition) is 7. The molecule has 3 N–H and O–H groups in total. The fourth-order valence-electron chi connectivity index (χ4n) is 2.40. The lowest BCUT2D eigenvalue weighted by atomic mass is 10.1. The van der Waals surface area contributed by atoms with Gasteiger partial charge in [0.15, 0.2) is 0 Å². The highest BCUT2D eigenvalue weighted by Crippen LogP contribution is 2.34. The molecule has 0 fully saturated rings. The zero-order valence-electron chi connectivity index (χ0n) is 15.4. The van der Waals surface area contributed by atoms with Gasteiger partial charge >= 0.3 is 5.97 Å². The molecule has 0 unspecified atom stereocenters. The minimum Gasteiger partial charge on any atom is -0.497 e. The van der Waals surface area contributed by atoms with Crippen molar-refractivity contribution in [2.45, 2.75) is 13.8 Å². The van der Waals surface area contributed by atoms with Gasteiger partial charge in [-0.1, -0.05) is 0 Å². The first-order valence-electron chi connectivity index (χ1n) is 7.97. The summed E-state index contributed by atoms with van der Waals surface area (Å²) < 4.78 is 15.3. The summed E-state index contributed by atoms with van der Waals surface area (Å²) in [5.41, 5.74) is 6.13. The van der Waals surface area contributed by atoms with Crippen LogP contribution in [0.4, 0.5) is 5.00 Å². The Balaban J connectivity index is 2.41. The van der Waals surface area contributed by atoms with Crippen molar-refractivity contribution in [2.24, 2.45) is 5.73 Å². The first-order valence-corrected chi connectivity index (χ1v) is 8.78. The predicted molar refractivity (Wildman–Crippen MR) is 101 cm³/mol. The Labute approximate surface area is 160 Å². The molecule has 2 rings (SSSR count). The lowest BCUT2D eigenvalue weighted by Crippen LogP contribution is -2.17. The van der Waals surface area contributed by atoms with E-state index in [4.69, 9.17) is 19.9 Å². The Morgan fingerprint density at radius 1 is 1.11 bits per heavy atom. The van der Waals surface area contributed by atoms with Gasteiger partial charge < -0.3 is 25.3 Å². The molecular formula is C18H20N2O6S. The van der Waals surface area contributed by atoms with Crippen LogP contribution in [0.5, 0.6) is 11.5 Å². The monoisotopic (exact) mass is 392 g/mol. The maximum atomic E-state index is 12.7. The molecule has 2 amide bonds. The zero-order chi connectivity index (χ0) is 20.1. The number of nitrogens with two attached hydrogens (primary N) is 1. The number of nitrogens with one attached hydrogen (secondary N) is 1. The number of ether oxygens (including phenoxy) is 3. The van der Waals surface area contributed by atoms with E-state index in [0.717, 1.165) is 11.3 Å². The number of hydrogen-bond donors (Lipinski definition) is 2. The molecule has 0 aliphatic rings. The van der Waals surface area contributed by atoms with Gasteiger partial charge in [-0.15, -0.1) is 11.3 Å². The largest absolute Gasteiger partial charge is 0.497 e. The molecule has 1 aromatic heterocycles. The molecule has 0 radical (unpaired) electrons. The lowest BCUT2D eigenvalue weighted by Gasteiger charge is -2.09. The second-order valence-corrected chi connectivity index (χ2v) is 6.42. The maximum Gasteiger partial charge on any atom is 0.348 e. The number of carbonyl (C=O) groups is 3. The molecule has 0 saturated heterocycles. The van der Waals surface area contributed by atoms with Crippen molar-refractivity contribution in [3.63, 3.8) is 0 Å². The van der Waals surface area contributed by atoms with Crippen molar-refractivity contribution in [1.29, 1.82) is 0 Å². The summed E-state index contributed by atoms with van der Waals surface area (Å²) in [6.45, 7) is 3.44. The van der Waals surface area contributed by atoms with Crippen LogP contribution in [0.1, 0.15) is 42.9 Å². The number of benzene rings is 1. The number of carbonyl (C=O) groups excluding carboxylic acids is 3. The van der Waals surface area contributed by atoms with Gasteiger partial charge in [0.25, 0.3) is 11.8 Å². The summed E-state index contributed by atoms with van der Waals surface area (Å²) in [4.78, 5) is 36.8. The average molecular weight is 392 g/mol. The van der Waals surface area contributed by atoms with Crippen LogP contribution in [0, 0.1) is 6.92 Å². The Hall–Kier alpha value is -3.07. The Morgan fingerprint density at radius 3 is 2.19 bits per heavy atom. The van der Waals surface area contributed by atoms with Gasteiger partial charge in [0.2, 0.25) is 0 Å². The Kier molecular flexibility index (Phi) is 6.40. The normalized spacial score (nSPS) is 10.2. The van der Waals surface area contributed by atoms with Crippen molar-refractivity contribution in [1.82, 2.24) is 0 Å². The second kappa shape index (κ2) is 8.54. The Bertz CT molecular complexity index is 868. The minimum absolute atomic E-state index is 0.0752. The van der Waals surface area contributed by atoms with Gasteiger partial charge in [0.1, 0.15) is 21.4 Å². The van der Waals surface area contributed by atoms with E-state index in [1.165, 1.54) is 26.4 Å².